The summed E-state index contributed by atoms with van der Waals surface area (Å²) in [6.45, 7) is 4.22. The number of fused-ring (bicyclic) bond motifs is 2. The van der Waals surface area contributed by atoms with Gasteiger partial charge in [0.15, 0.2) is 0 Å². The molecule has 3 nitrogen and oxygen atoms in total. The number of cyclic esters (lactones) is 1. The molecule has 3 rings (SSSR count). The zero-order valence-electron chi connectivity index (χ0n) is 10.2. The Bertz CT molecular complexity index is 481. The van der Waals surface area contributed by atoms with Gasteiger partial charge in [-0.1, -0.05) is 24.3 Å². The number of benzene rings is 1. The van der Waals surface area contributed by atoms with Crippen molar-refractivity contribution in [3.63, 3.8) is 0 Å². The van der Waals surface area contributed by atoms with Crippen molar-refractivity contribution in [2.75, 3.05) is 6.61 Å². The first-order valence-electron chi connectivity index (χ1n) is 6.08. The van der Waals surface area contributed by atoms with Crippen molar-refractivity contribution in [3.05, 3.63) is 35.4 Å². The lowest BCUT2D eigenvalue weighted by atomic mass is 9.87. The molecule has 1 heterocycles. The van der Waals surface area contributed by atoms with Crippen LogP contribution in [0.2, 0.25) is 0 Å². The van der Waals surface area contributed by atoms with Gasteiger partial charge in [-0.15, -0.1) is 0 Å². The number of aryl methyl sites for hydroxylation is 1. The van der Waals surface area contributed by atoms with Crippen LogP contribution in [0.4, 0.5) is 0 Å². The molecule has 1 atom stereocenters. The topological polar surface area (TPSA) is 38.3 Å². The molecule has 90 valence electrons. The SMILES string of the molecule is CC1(C)N[C@]2(CCc3ccccc32)COC1=O. The maximum absolute atomic E-state index is 11.7. The van der Waals surface area contributed by atoms with Crippen LogP contribution in [0.3, 0.4) is 0 Å². The van der Waals surface area contributed by atoms with Crippen LogP contribution in [0.15, 0.2) is 24.3 Å². The minimum Gasteiger partial charge on any atom is -0.462 e. The third-order valence-electron chi connectivity index (χ3n) is 3.87. The van der Waals surface area contributed by atoms with E-state index >= 15 is 0 Å². The average molecular weight is 231 g/mol. The van der Waals surface area contributed by atoms with Gasteiger partial charge >= 0.3 is 5.97 Å². The molecule has 0 amide bonds. The van der Waals surface area contributed by atoms with Gasteiger partial charge < -0.3 is 4.74 Å². The number of rotatable bonds is 0. The zero-order valence-corrected chi connectivity index (χ0v) is 10.2. The molecule has 1 aromatic carbocycles. The number of esters is 1. The van der Waals surface area contributed by atoms with Gasteiger partial charge in [-0.05, 0) is 37.8 Å². The summed E-state index contributed by atoms with van der Waals surface area (Å²) in [4.78, 5) is 11.7. The van der Waals surface area contributed by atoms with Crippen LogP contribution in [0.1, 0.15) is 31.4 Å². The van der Waals surface area contributed by atoms with Crippen molar-refractivity contribution in [1.82, 2.24) is 5.32 Å². The molecule has 1 N–H and O–H groups in total. The molecular weight excluding hydrogens is 214 g/mol. The average Bonchev–Trinajstić information content (AvgIpc) is 2.64. The standard InChI is InChI=1S/C14H17NO2/c1-13(2)12(16)17-9-14(15-13)8-7-10-5-3-4-6-11(10)14/h3-6,15H,7-9H2,1-2H3/t14-/m1/s1. The Morgan fingerprint density at radius 1 is 1.29 bits per heavy atom. The summed E-state index contributed by atoms with van der Waals surface area (Å²) in [7, 11) is 0. The second-order valence-electron chi connectivity index (χ2n) is 5.57. The van der Waals surface area contributed by atoms with E-state index in [0.29, 0.717) is 6.61 Å². The van der Waals surface area contributed by atoms with E-state index in [0.717, 1.165) is 12.8 Å². The molecule has 17 heavy (non-hydrogen) atoms. The largest absolute Gasteiger partial charge is 0.462 e. The van der Waals surface area contributed by atoms with E-state index in [1.54, 1.807) is 0 Å². The maximum Gasteiger partial charge on any atom is 0.325 e. The second-order valence-corrected chi connectivity index (χ2v) is 5.57. The Kier molecular flexibility index (Phi) is 2.11. The summed E-state index contributed by atoms with van der Waals surface area (Å²) >= 11 is 0. The Balaban J connectivity index is 2.02. The lowest BCUT2D eigenvalue weighted by Gasteiger charge is -2.43. The number of morpholine rings is 1. The zero-order chi connectivity index (χ0) is 12.1. The van der Waals surface area contributed by atoms with Crippen LogP contribution in [0, 0.1) is 0 Å². The maximum atomic E-state index is 11.7. The van der Waals surface area contributed by atoms with Crippen molar-refractivity contribution in [3.8, 4) is 0 Å². The van der Waals surface area contributed by atoms with Gasteiger partial charge in [0, 0.05) is 0 Å². The van der Waals surface area contributed by atoms with Gasteiger partial charge in [0.25, 0.3) is 0 Å². The van der Waals surface area contributed by atoms with Gasteiger partial charge in [0.05, 0.1) is 5.54 Å². The van der Waals surface area contributed by atoms with Crippen LogP contribution >= 0.6 is 0 Å². The lowest BCUT2D eigenvalue weighted by molar-refractivity contribution is -0.162. The second kappa shape index (κ2) is 3.33. The molecule has 1 fully saturated rings. The molecule has 1 aliphatic heterocycles. The molecule has 0 bridgehead atoms. The molecule has 0 saturated carbocycles. The molecule has 2 aliphatic rings. The highest BCUT2D eigenvalue weighted by Gasteiger charge is 2.49. The highest BCUT2D eigenvalue weighted by Crippen LogP contribution is 2.40. The van der Waals surface area contributed by atoms with Gasteiger partial charge in [-0.25, -0.2) is 0 Å². The van der Waals surface area contributed by atoms with Crippen molar-refractivity contribution in [1.29, 1.82) is 0 Å². The summed E-state index contributed by atoms with van der Waals surface area (Å²) in [5, 5.41) is 3.50. The lowest BCUT2D eigenvalue weighted by Crippen LogP contribution is -2.63. The summed E-state index contributed by atoms with van der Waals surface area (Å²) in [5.74, 6) is -0.160. The normalized spacial score (nSPS) is 30.1. The molecular formula is C14H17NO2. The van der Waals surface area contributed by atoms with Gasteiger partial charge in [0.1, 0.15) is 12.1 Å². The molecule has 0 unspecified atom stereocenters. The van der Waals surface area contributed by atoms with Crippen molar-refractivity contribution in [2.24, 2.45) is 0 Å². The Morgan fingerprint density at radius 3 is 2.82 bits per heavy atom. The van der Waals surface area contributed by atoms with E-state index in [9.17, 15) is 4.79 Å². The molecule has 0 radical (unpaired) electrons. The highest BCUT2D eigenvalue weighted by atomic mass is 16.5. The van der Waals surface area contributed by atoms with Crippen LogP contribution in [-0.4, -0.2) is 18.1 Å². The van der Waals surface area contributed by atoms with E-state index in [1.807, 2.05) is 13.8 Å². The first-order valence-corrected chi connectivity index (χ1v) is 6.08. The van der Waals surface area contributed by atoms with Crippen LogP contribution in [0.25, 0.3) is 0 Å². The van der Waals surface area contributed by atoms with E-state index in [4.69, 9.17) is 4.74 Å². The van der Waals surface area contributed by atoms with E-state index in [1.165, 1.54) is 11.1 Å². The minimum absolute atomic E-state index is 0.160. The number of carbonyl (C=O) groups is 1. The third kappa shape index (κ3) is 1.49. The highest BCUT2D eigenvalue weighted by molar-refractivity contribution is 5.81. The number of nitrogens with one attached hydrogen (secondary N) is 1. The summed E-state index contributed by atoms with van der Waals surface area (Å²) < 4.78 is 5.39. The van der Waals surface area contributed by atoms with Gasteiger partial charge in [-0.2, -0.15) is 0 Å². The van der Waals surface area contributed by atoms with E-state index < -0.39 is 5.54 Å². The number of hydrogen-bond donors (Lipinski definition) is 1. The fraction of sp³-hybridized carbons (Fsp3) is 0.500. The number of hydrogen-bond acceptors (Lipinski definition) is 3. The number of carbonyl (C=O) groups excluding carboxylic acids is 1. The molecule has 1 aromatic rings. The van der Waals surface area contributed by atoms with E-state index in [-0.39, 0.29) is 11.5 Å². The monoisotopic (exact) mass is 231 g/mol. The molecule has 3 heteroatoms. The fourth-order valence-electron chi connectivity index (χ4n) is 3.02. The molecule has 0 aromatic heterocycles. The summed E-state index contributed by atoms with van der Waals surface area (Å²) in [6.07, 6.45) is 2.06. The summed E-state index contributed by atoms with van der Waals surface area (Å²) in [6, 6.07) is 8.43. The van der Waals surface area contributed by atoms with Crippen molar-refractivity contribution < 1.29 is 9.53 Å². The van der Waals surface area contributed by atoms with Crippen molar-refractivity contribution >= 4 is 5.97 Å². The fourth-order valence-corrected chi connectivity index (χ4v) is 3.02. The predicted octanol–water partition coefficient (Wildman–Crippen LogP) is 1.75. The van der Waals surface area contributed by atoms with Crippen LogP contribution in [0.5, 0.6) is 0 Å². The first kappa shape index (κ1) is 10.8. The number of ether oxygens (including phenoxy) is 1. The molecule has 1 aliphatic carbocycles. The van der Waals surface area contributed by atoms with Gasteiger partial charge in [0.2, 0.25) is 0 Å². The van der Waals surface area contributed by atoms with Crippen molar-refractivity contribution in [2.45, 2.75) is 37.8 Å². The smallest absolute Gasteiger partial charge is 0.325 e. The predicted molar refractivity (Wildman–Crippen MR) is 64.6 cm³/mol. The molecule has 1 spiro atoms. The summed E-state index contributed by atoms with van der Waals surface area (Å²) in [5.41, 5.74) is 1.89. The Hall–Kier alpha value is -1.35. The minimum atomic E-state index is -0.601. The van der Waals surface area contributed by atoms with E-state index in [2.05, 4.69) is 29.6 Å². The van der Waals surface area contributed by atoms with Crippen LogP contribution < -0.4 is 5.32 Å². The first-order chi connectivity index (χ1) is 8.04. The Labute approximate surface area is 101 Å². The Morgan fingerprint density at radius 2 is 2.06 bits per heavy atom. The van der Waals surface area contributed by atoms with Gasteiger partial charge in [-0.3, -0.25) is 10.1 Å². The quantitative estimate of drug-likeness (QED) is 0.691. The molecule has 1 saturated heterocycles. The van der Waals surface area contributed by atoms with Crippen LogP contribution in [-0.2, 0) is 21.5 Å². The third-order valence-corrected chi connectivity index (χ3v) is 3.87.